The van der Waals surface area contributed by atoms with Gasteiger partial charge in [0.15, 0.2) is 0 Å². The Morgan fingerprint density at radius 1 is 0.714 bits per heavy atom. The summed E-state index contributed by atoms with van der Waals surface area (Å²) >= 11 is 0. The van der Waals surface area contributed by atoms with Crippen LogP contribution in [0.2, 0.25) is 0 Å². The average molecular weight is 443 g/mol. The zero-order valence-corrected chi connectivity index (χ0v) is 18.6. The van der Waals surface area contributed by atoms with Crippen molar-refractivity contribution in [1.29, 1.82) is 0 Å². The fourth-order valence-electron chi connectivity index (χ4n) is 1.55. The summed E-state index contributed by atoms with van der Waals surface area (Å²) < 4.78 is 61.1. The first-order valence-electron chi connectivity index (χ1n) is 8.71. The minimum Gasteiger partial charge on any atom is -0.461 e. The van der Waals surface area contributed by atoms with E-state index in [1.807, 2.05) is 0 Å². The van der Waals surface area contributed by atoms with Crippen LogP contribution in [0.4, 0.5) is 0 Å². The third kappa shape index (κ3) is 10.7. The molecular weight excluding hydrogens is 412 g/mol. The molecule has 0 aromatic heterocycles. The second-order valence-electron chi connectivity index (χ2n) is 6.82. The van der Waals surface area contributed by atoms with Crippen LogP contribution in [0, 0.1) is 0 Å². The van der Waals surface area contributed by atoms with Gasteiger partial charge in [-0.3, -0.25) is 0 Å². The van der Waals surface area contributed by atoms with Crippen molar-refractivity contribution in [1.82, 2.24) is 9.44 Å². The van der Waals surface area contributed by atoms with Crippen molar-refractivity contribution in [2.24, 2.45) is 0 Å². The quantitative estimate of drug-likeness (QED) is 0.319. The molecule has 0 aliphatic carbocycles. The molecule has 2 atom stereocenters. The minimum atomic E-state index is -3.49. The fraction of sp³-hybridized carbons (Fsp3) is 0.750. The van der Waals surface area contributed by atoms with Gasteiger partial charge < -0.3 is 9.47 Å². The van der Waals surface area contributed by atoms with Crippen molar-refractivity contribution < 1.29 is 35.9 Å². The van der Waals surface area contributed by atoms with Gasteiger partial charge in [0.1, 0.15) is 13.2 Å². The molecule has 0 aromatic carbocycles. The molecular formula is C16H30N2O8S2. The third-order valence-corrected chi connectivity index (χ3v) is 7.22. The molecule has 0 aliphatic rings. The molecule has 0 amide bonds. The lowest BCUT2D eigenvalue weighted by Crippen LogP contribution is -2.40. The standard InChI is InChI=1S/C16H30N2O8S2/c1-11(2)27(21,22)17-13(5)9-25-15(19)7-8-16(20)26-10-14(6)18-28(23,24)12(3)4/h7-8,11-14,17-18H,9-10H2,1-6H3/b8-7+/t13-,14-/m0/s1. The Morgan fingerprint density at radius 2 is 1.00 bits per heavy atom. The molecule has 0 saturated heterocycles. The number of nitrogens with one attached hydrogen (secondary N) is 2. The summed E-state index contributed by atoms with van der Waals surface area (Å²) in [5.74, 6) is -1.69. The molecule has 0 aliphatic heterocycles. The van der Waals surface area contributed by atoms with Gasteiger partial charge in [0.2, 0.25) is 20.0 Å². The molecule has 0 radical (unpaired) electrons. The molecule has 0 fully saturated rings. The van der Waals surface area contributed by atoms with E-state index in [0.717, 1.165) is 12.2 Å². The van der Waals surface area contributed by atoms with E-state index in [-0.39, 0.29) is 13.2 Å². The molecule has 28 heavy (non-hydrogen) atoms. The maximum atomic E-state index is 11.7. The number of esters is 2. The molecule has 10 nitrogen and oxygen atoms in total. The lowest BCUT2D eigenvalue weighted by atomic mass is 10.4. The van der Waals surface area contributed by atoms with E-state index in [2.05, 4.69) is 9.44 Å². The summed E-state index contributed by atoms with van der Waals surface area (Å²) in [6, 6.07) is -1.27. The molecule has 164 valence electrons. The predicted octanol–water partition coefficient (Wildman–Crippen LogP) is 0.0616. The van der Waals surface area contributed by atoms with Gasteiger partial charge in [0, 0.05) is 12.2 Å². The van der Waals surface area contributed by atoms with Gasteiger partial charge in [-0.1, -0.05) is 0 Å². The predicted molar refractivity (Wildman–Crippen MR) is 104 cm³/mol. The summed E-state index contributed by atoms with van der Waals surface area (Å²) in [5, 5.41) is -1.24. The lowest BCUT2D eigenvalue weighted by Gasteiger charge is -2.16. The van der Waals surface area contributed by atoms with Gasteiger partial charge in [-0.25, -0.2) is 35.9 Å². The van der Waals surface area contributed by atoms with Crippen LogP contribution >= 0.6 is 0 Å². The molecule has 0 bridgehead atoms. The normalized spacial score (nSPS) is 15.0. The van der Waals surface area contributed by atoms with Crippen molar-refractivity contribution in [3.05, 3.63) is 12.2 Å². The number of carbonyl (C=O) groups is 2. The highest BCUT2D eigenvalue weighted by atomic mass is 32.2. The van der Waals surface area contributed by atoms with E-state index in [1.54, 1.807) is 0 Å². The van der Waals surface area contributed by atoms with Gasteiger partial charge in [0.25, 0.3) is 0 Å². The second-order valence-corrected chi connectivity index (χ2v) is 11.4. The van der Waals surface area contributed by atoms with E-state index in [0.29, 0.717) is 0 Å². The number of hydrogen-bond acceptors (Lipinski definition) is 8. The molecule has 0 heterocycles. The van der Waals surface area contributed by atoms with Crippen LogP contribution in [0.25, 0.3) is 0 Å². The highest BCUT2D eigenvalue weighted by Gasteiger charge is 2.20. The van der Waals surface area contributed by atoms with E-state index < -0.39 is 54.6 Å². The number of ether oxygens (including phenoxy) is 2. The number of hydrogen-bond donors (Lipinski definition) is 2. The number of rotatable bonds is 12. The van der Waals surface area contributed by atoms with Crippen molar-refractivity contribution in [2.75, 3.05) is 13.2 Å². The summed E-state index contributed by atoms with van der Waals surface area (Å²) in [4.78, 5) is 23.1. The van der Waals surface area contributed by atoms with Crippen LogP contribution < -0.4 is 9.44 Å². The van der Waals surface area contributed by atoms with Gasteiger partial charge >= 0.3 is 11.9 Å². The van der Waals surface area contributed by atoms with E-state index in [4.69, 9.17) is 9.47 Å². The maximum absolute atomic E-state index is 11.7. The summed E-state index contributed by atoms with van der Waals surface area (Å²) in [7, 11) is -6.97. The van der Waals surface area contributed by atoms with Crippen molar-refractivity contribution >= 4 is 32.0 Å². The van der Waals surface area contributed by atoms with Crippen LogP contribution in [0.5, 0.6) is 0 Å². The molecule has 0 unspecified atom stereocenters. The Labute approximate surface area is 167 Å². The molecule has 2 N–H and O–H groups in total. The van der Waals surface area contributed by atoms with Crippen LogP contribution in [-0.2, 0) is 39.1 Å². The largest absolute Gasteiger partial charge is 0.461 e. The van der Waals surface area contributed by atoms with Crippen molar-refractivity contribution in [3.63, 3.8) is 0 Å². The molecule has 0 aromatic rings. The Balaban J connectivity index is 4.32. The smallest absolute Gasteiger partial charge is 0.331 e. The summed E-state index contributed by atoms with van der Waals surface area (Å²) in [6.07, 6.45) is 1.68. The summed E-state index contributed by atoms with van der Waals surface area (Å²) in [5.41, 5.74) is 0. The first kappa shape index (κ1) is 26.5. The zero-order chi connectivity index (χ0) is 22.1. The van der Waals surface area contributed by atoms with Crippen molar-refractivity contribution in [3.8, 4) is 0 Å². The van der Waals surface area contributed by atoms with Crippen LogP contribution in [0.1, 0.15) is 41.5 Å². The summed E-state index contributed by atoms with van der Waals surface area (Å²) in [6.45, 7) is 8.72. The van der Waals surface area contributed by atoms with Crippen LogP contribution in [-0.4, -0.2) is 64.6 Å². The number of carbonyl (C=O) groups excluding carboxylic acids is 2. The lowest BCUT2D eigenvalue weighted by molar-refractivity contribution is -0.141. The van der Waals surface area contributed by atoms with Crippen molar-refractivity contribution in [2.45, 2.75) is 64.1 Å². The zero-order valence-electron chi connectivity index (χ0n) is 17.0. The van der Waals surface area contributed by atoms with E-state index in [1.165, 1.54) is 41.5 Å². The van der Waals surface area contributed by atoms with Gasteiger partial charge in [-0.05, 0) is 41.5 Å². The van der Waals surface area contributed by atoms with E-state index in [9.17, 15) is 26.4 Å². The highest BCUT2D eigenvalue weighted by Crippen LogP contribution is 2.00. The first-order valence-corrected chi connectivity index (χ1v) is 11.8. The Bertz CT molecular complexity index is 694. The Hall–Kier alpha value is -1.50. The topological polar surface area (TPSA) is 145 Å². The number of sulfonamides is 2. The fourth-order valence-corrected chi connectivity index (χ4v) is 3.35. The Morgan fingerprint density at radius 3 is 1.25 bits per heavy atom. The van der Waals surface area contributed by atoms with Crippen LogP contribution in [0.15, 0.2) is 12.2 Å². The highest BCUT2D eigenvalue weighted by molar-refractivity contribution is 7.90. The maximum Gasteiger partial charge on any atom is 0.331 e. The Kier molecular flexibility index (Phi) is 10.9. The van der Waals surface area contributed by atoms with Gasteiger partial charge in [-0.2, -0.15) is 0 Å². The molecule has 0 saturated carbocycles. The monoisotopic (exact) mass is 442 g/mol. The van der Waals surface area contributed by atoms with E-state index >= 15 is 0 Å². The van der Waals surface area contributed by atoms with Gasteiger partial charge in [0.05, 0.1) is 22.6 Å². The third-order valence-electron chi connectivity index (χ3n) is 3.28. The molecule has 12 heteroatoms. The minimum absolute atomic E-state index is 0.210. The molecule has 0 rings (SSSR count). The second kappa shape index (κ2) is 11.5. The van der Waals surface area contributed by atoms with Crippen LogP contribution in [0.3, 0.4) is 0 Å². The SMILES string of the molecule is CC(C)S(=O)(=O)N[C@@H](C)COC(=O)/C=C/C(=O)OC[C@H](C)NS(=O)(=O)C(C)C. The average Bonchev–Trinajstić information content (AvgIpc) is 2.55. The molecule has 0 spiro atoms. The van der Waals surface area contributed by atoms with Gasteiger partial charge in [-0.15, -0.1) is 0 Å². The first-order chi connectivity index (χ1) is 12.7.